The molecule has 0 aromatic heterocycles. The lowest BCUT2D eigenvalue weighted by Crippen LogP contribution is -2.46. The highest BCUT2D eigenvalue weighted by Crippen LogP contribution is 2.35. The molecule has 4 aromatic carbocycles. The smallest absolute Gasteiger partial charge is 0.418 e. The normalized spacial score (nSPS) is 13.1. The highest BCUT2D eigenvalue weighted by molar-refractivity contribution is 7.89. The summed E-state index contributed by atoms with van der Waals surface area (Å²) in [5.41, 5.74) is 5.29. The first-order chi connectivity index (χ1) is 20.9. The molecular weight excluding hydrogens is 595 g/mol. The maximum absolute atomic E-state index is 13.4. The molecule has 1 amide bonds. The van der Waals surface area contributed by atoms with Gasteiger partial charge in [-0.25, -0.2) is 8.42 Å². The summed E-state index contributed by atoms with van der Waals surface area (Å²) in [6.45, 7) is -0.306. The molecule has 0 fully saturated rings. The first kappa shape index (κ1) is 32.2. The number of alkyl halides is 3. The van der Waals surface area contributed by atoms with E-state index in [1.807, 2.05) is 30.3 Å². The fourth-order valence-electron chi connectivity index (χ4n) is 4.42. The van der Waals surface area contributed by atoms with Crippen LogP contribution >= 0.6 is 0 Å². The van der Waals surface area contributed by atoms with Gasteiger partial charge in [-0.05, 0) is 54.3 Å². The van der Waals surface area contributed by atoms with Crippen LogP contribution in [0.15, 0.2) is 114 Å². The number of benzene rings is 4. The number of anilines is 1. The van der Waals surface area contributed by atoms with Crippen LogP contribution < -0.4 is 15.8 Å². The predicted octanol–water partition coefficient (Wildman–Crippen LogP) is 4.76. The number of carbonyl (C=O) groups excluding carboxylic acids is 2. The largest absolute Gasteiger partial charge is 0.462 e. The van der Waals surface area contributed by atoms with Crippen LogP contribution in [-0.2, 0) is 38.6 Å². The van der Waals surface area contributed by atoms with Crippen molar-refractivity contribution in [2.24, 2.45) is 0 Å². The zero-order valence-corrected chi connectivity index (χ0v) is 24.1. The molecule has 0 aliphatic rings. The van der Waals surface area contributed by atoms with E-state index in [9.17, 15) is 31.2 Å². The van der Waals surface area contributed by atoms with Crippen molar-refractivity contribution in [2.75, 3.05) is 12.3 Å². The van der Waals surface area contributed by atoms with Crippen LogP contribution in [-0.4, -0.2) is 39.0 Å². The van der Waals surface area contributed by atoms with E-state index < -0.39 is 56.3 Å². The maximum Gasteiger partial charge on any atom is 0.418 e. The molecule has 0 aliphatic heterocycles. The average Bonchev–Trinajstić information content (AvgIpc) is 3.00. The number of hydrogen-bond acceptors (Lipinski definition) is 6. The number of hydrogen-bond donors (Lipinski definition) is 3. The zero-order valence-electron chi connectivity index (χ0n) is 23.3. The number of nitrogen functional groups attached to an aromatic ring is 1. The summed E-state index contributed by atoms with van der Waals surface area (Å²) in [6, 6.07) is 26.0. The van der Waals surface area contributed by atoms with Crippen molar-refractivity contribution in [3.63, 3.8) is 0 Å². The Morgan fingerprint density at radius 2 is 1.34 bits per heavy atom. The zero-order chi connectivity index (χ0) is 31.7. The lowest BCUT2D eigenvalue weighted by Gasteiger charge is -2.22. The Kier molecular flexibility index (Phi) is 10.4. The number of nitrogens with one attached hydrogen (secondary N) is 2. The summed E-state index contributed by atoms with van der Waals surface area (Å²) >= 11 is 0. The molecule has 0 heterocycles. The standard InChI is InChI=1S/C32H30F3N3O5S/c33-32(34,35)27-20-26(16-17-28(27)36)44(41,42)38-29(19-23-12-6-2-7-13-23)31(40)43-21-25(18-22-10-4-1-5-11-22)37-30(39)24-14-8-3-9-15-24/h1-17,20,25,29,38H,18-19,21,36H2,(H,37,39)/t25-,29-/m1/s1. The molecule has 230 valence electrons. The number of ether oxygens (including phenoxy) is 1. The van der Waals surface area contributed by atoms with Gasteiger partial charge in [0.25, 0.3) is 5.91 Å². The van der Waals surface area contributed by atoms with E-state index >= 15 is 0 Å². The SMILES string of the molecule is Nc1ccc(S(=O)(=O)N[C@H](Cc2ccccc2)C(=O)OC[C@@H](Cc2ccccc2)NC(=O)c2ccccc2)cc1C(F)(F)F. The third kappa shape index (κ3) is 8.91. The predicted molar refractivity (Wildman–Crippen MR) is 159 cm³/mol. The van der Waals surface area contributed by atoms with Gasteiger partial charge in [0.15, 0.2) is 0 Å². The second kappa shape index (κ2) is 14.2. The number of sulfonamides is 1. The van der Waals surface area contributed by atoms with Gasteiger partial charge in [0, 0.05) is 11.3 Å². The van der Waals surface area contributed by atoms with E-state index in [0.717, 1.165) is 17.7 Å². The van der Waals surface area contributed by atoms with Gasteiger partial charge < -0.3 is 15.8 Å². The van der Waals surface area contributed by atoms with Crippen LogP contribution in [0.5, 0.6) is 0 Å². The first-order valence-electron chi connectivity index (χ1n) is 13.5. The van der Waals surface area contributed by atoms with Crippen molar-refractivity contribution in [1.82, 2.24) is 10.0 Å². The second-order valence-corrected chi connectivity index (χ2v) is 11.7. The number of amides is 1. The molecule has 0 saturated heterocycles. The molecule has 4 N–H and O–H groups in total. The monoisotopic (exact) mass is 625 g/mol. The van der Waals surface area contributed by atoms with Gasteiger partial charge in [-0.15, -0.1) is 0 Å². The number of carbonyl (C=O) groups is 2. The minimum Gasteiger partial charge on any atom is -0.462 e. The van der Waals surface area contributed by atoms with E-state index in [2.05, 4.69) is 10.0 Å². The number of esters is 1. The molecule has 2 atom stereocenters. The van der Waals surface area contributed by atoms with Crippen LogP contribution in [0.25, 0.3) is 0 Å². The van der Waals surface area contributed by atoms with Crippen LogP contribution in [0, 0.1) is 0 Å². The van der Waals surface area contributed by atoms with Crippen molar-refractivity contribution in [2.45, 2.75) is 36.0 Å². The number of rotatable bonds is 12. The number of nitrogens with two attached hydrogens (primary N) is 1. The van der Waals surface area contributed by atoms with Gasteiger partial charge in [-0.2, -0.15) is 17.9 Å². The van der Waals surface area contributed by atoms with Gasteiger partial charge >= 0.3 is 12.1 Å². The molecule has 44 heavy (non-hydrogen) atoms. The number of halogens is 3. The summed E-state index contributed by atoms with van der Waals surface area (Å²) in [6.07, 6.45) is -4.75. The molecule has 0 spiro atoms. The summed E-state index contributed by atoms with van der Waals surface area (Å²) in [5.74, 6) is -1.37. The third-order valence-corrected chi connectivity index (χ3v) is 8.10. The summed E-state index contributed by atoms with van der Waals surface area (Å²) in [5, 5.41) is 2.85. The van der Waals surface area contributed by atoms with Crippen molar-refractivity contribution in [3.05, 3.63) is 131 Å². The quantitative estimate of drug-likeness (QED) is 0.154. The van der Waals surface area contributed by atoms with Gasteiger partial charge in [-0.3, -0.25) is 9.59 Å². The van der Waals surface area contributed by atoms with E-state index in [-0.39, 0.29) is 13.0 Å². The Labute approximate surface area is 253 Å². The summed E-state index contributed by atoms with van der Waals surface area (Å²) in [4.78, 5) is 25.6. The van der Waals surface area contributed by atoms with Crippen molar-refractivity contribution in [3.8, 4) is 0 Å². The van der Waals surface area contributed by atoms with Crippen molar-refractivity contribution < 1.29 is 35.9 Å². The Bertz CT molecular complexity index is 1670. The van der Waals surface area contributed by atoms with E-state index in [0.29, 0.717) is 23.6 Å². The molecule has 8 nitrogen and oxygen atoms in total. The Hall–Kier alpha value is -4.68. The Morgan fingerprint density at radius 1 is 0.795 bits per heavy atom. The van der Waals surface area contributed by atoms with Crippen LogP contribution in [0.1, 0.15) is 27.0 Å². The molecular formula is C32H30F3N3O5S. The van der Waals surface area contributed by atoms with Gasteiger partial charge in [0.1, 0.15) is 12.6 Å². The highest BCUT2D eigenvalue weighted by Gasteiger charge is 2.35. The fourth-order valence-corrected chi connectivity index (χ4v) is 5.63. The van der Waals surface area contributed by atoms with E-state index in [1.165, 1.54) is 0 Å². The van der Waals surface area contributed by atoms with Crippen molar-refractivity contribution in [1.29, 1.82) is 0 Å². The third-order valence-electron chi connectivity index (χ3n) is 6.63. The molecule has 0 radical (unpaired) electrons. The van der Waals surface area contributed by atoms with E-state index in [1.54, 1.807) is 60.7 Å². The highest BCUT2D eigenvalue weighted by atomic mass is 32.2. The topological polar surface area (TPSA) is 128 Å². The first-order valence-corrected chi connectivity index (χ1v) is 15.0. The van der Waals surface area contributed by atoms with Gasteiger partial charge in [-0.1, -0.05) is 78.9 Å². The Morgan fingerprint density at radius 3 is 1.91 bits per heavy atom. The second-order valence-electron chi connectivity index (χ2n) is 9.97. The molecule has 0 saturated carbocycles. The van der Waals surface area contributed by atoms with Gasteiger partial charge in [0.05, 0.1) is 16.5 Å². The van der Waals surface area contributed by atoms with E-state index in [4.69, 9.17) is 10.5 Å². The Balaban J connectivity index is 1.56. The van der Waals surface area contributed by atoms with Gasteiger partial charge in [0.2, 0.25) is 10.0 Å². The molecule has 12 heteroatoms. The summed E-state index contributed by atoms with van der Waals surface area (Å²) < 4.78 is 74.5. The molecule has 0 aliphatic carbocycles. The minimum absolute atomic E-state index is 0.153. The van der Waals surface area contributed by atoms with Crippen LogP contribution in [0.4, 0.5) is 18.9 Å². The van der Waals surface area contributed by atoms with Crippen molar-refractivity contribution >= 4 is 27.6 Å². The molecule has 0 bridgehead atoms. The molecule has 0 unspecified atom stereocenters. The lowest BCUT2D eigenvalue weighted by molar-refractivity contribution is -0.146. The molecule has 4 aromatic rings. The fraction of sp³-hybridized carbons (Fsp3) is 0.188. The maximum atomic E-state index is 13.4. The van der Waals surface area contributed by atoms with Crippen LogP contribution in [0.2, 0.25) is 0 Å². The van der Waals surface area contributed by atoms with Crippen LogP contribution in [0.3, 0.4) is 0 Å². The minimum atomic E-state index is -4.89. The summed E-state index contributed by atoms with van der Waals surface area (Å²) in [7, 11) is -4.64. The lowest BCUT2D eigenvalue weighted by atomic mass is 10.1. The average molecular weight is 626 g/mol. The molecule has 4 rings (SSSR count).